The molecule has 1 N–H and O–H groups in total. The predicted octanol–water partition coefficient (Wildman–Crippen LogP) is 0.883. The molecule has 1 atom stereocenters. The quantitative estimate of drug-likeness (QED) is 0.471. The van der Waals surface area contributed by atoms with Crippen molar-refractivity contribution < 1.29 is 0 Å². The van der Waals surface area contributed by atoms with Crippen LogP contribution in [0, 0.1) is 5.92 Å². The Balaban J connectivity index is 2.21. The van der Waals surface area contributed by atoms with Gasteiger partial charge in [0.1, 0.15) is 0 Å². The van der Waals surface area contributed by atoms with Crippen molar-refractivity contribution >= 4 is 0 Å². The maximum atomic E-state index is 3.22. The number of hydrogen-bond donors (Lipinski definition) is 1. The van der Waals surface area contributed by atoms with E-state index in [2.05, 4.69) is 11.5 Å². The van der Waals surface area contributed by atoms with Gasteiger partial charge in [0.15, 0.2) is 0 Å². The highest BCUT2D eigenvalue weighted by Gasteiger charge is 2.26. The van der Waals surface area contributed by atoms with Gasteiger partial charge in [-0.3, -0.25) is 0 Å². The molecule has 1 heteroatoms. The third kappa shape index (κ3) is 0.328. The minimum Gasteiger partial charge on any atom is -0.390 e. The molecule has 0 spiro atoms. The van der Waals surface area contributed by atoms with Gasteiger partial charge < -0.3 is 5.32 Å². The average Bonchev–Trinajstić information content (AvgIpc) is 1.85. The molecule has 1 unspecified atom stereocenters. The lowest BCUT2D eigenvalue weighted by molar-refractivity contribution is 0.470. The first-order valence-corrected chi connectivity index (χ1v) is 2.89. The second kappa shape index (κ2) is 1.03. The lowest BCUT2D eigenvalue weighted by Crippen LogP contribution is -2.16. The molecule has 1 fully saturated rings. The topological polar surface area (TPSA) is 12.0 Å². The lowest BCUT2D eigenvalue weighted by atomic mass is 9.82. The first-order valence-electron chi connectivity index (χ1n) is 2.89. The van der Waals surface area contributed by atoms with Crippen LogP contribution < -0.4 is 5.32 Å². The molecule has 0 aromatic heterocycles. The minimum absolute atomic E-state index is 0.944. The standard InChI is InChI=1S/C6H9N/c1-2-6-4-7-3-5(1)6/h3,6-7H,1-2,4H2. The van der Waals surface area contributed by atoms with Crippen LogP contribution in [0.4, 0.5) is 0 Å². The van der Waals surface area contributed by atoms with Crippen molar-refractivity contribution in [3.05, 3.63) is 11.8 Å². The molecule has 2 aliphatic rings. The molecule has 1 nitrogen and oxygen atoms in total. The van der Waals surface area contributed by atoms with E-state index in [1.165, 1.54) is 19.4 Å². The van der Waals surface area contributed by atoms with Crippen LogP contribution in [-0.4, -0.2) is 6.54 Å². The summed E-state index contributed by atoms with van der Waals surface area (Å²) in [4.78, 5) is 0. The van der Waals surface area contributed by atoms with Crippen molar-refractivity contribution in [1.82, 2.24) is 5.32 Å². The van der Waals surface area contributed by atoms with Crippen LogP contribution in [0.1, 0.15) is 12.8 Å². The summed E-state index contributed by atoms with van der Waals surface area (Å²) >= 11 is 0. The van der Waals surface area contributed by atoms with E-state index in [1.807, 2.05) is 0 Å². The van der Waals surface area contributed by atoms with Crippen molar-refractivity contribution in [2.75, 3.05) is 6.54 Å². The Bertz CT molecular complexity index is 115. The maximum absolute atomic E-state index is 3.22. The van der Waals surface area contributed by atoms with Crippen LogP contribution >= 0.6 is 0 Å². The molecule has 0 aromatic carbocycles. The third-order valence-electron chi connectivity index (χ3n) is 1.96. The van der Waals surface area contributed by atoms with Gasteiger partial charge in [0.2, 0.25) is 0 Å². The van der Waals surface area contributed by atoms with Crippen molar-refractivity contribution in [2.24, 2.45) is 5.92 Å². The summed E-state index contributed by atoms with van der Waals surface area (Å²) in [6.07, 6.45) is 4.96. The summed E-state index contributed by atoms with van der Waals surface area (Å²) in [7, 11) is 0. The number of hydrogen-bond acceptors (Lipinski definition) is 1. The molecule has 38 valence electrons. The zero-order valence-electron chi connectivity index (χ0n) is 4.28. The predicted molar refractivity (Wildman–Crippen MR) is 28.8 cm³/mol. The zero-order chi connectivity index (χ0) is 4.69. The Morgan fingerprint density at radius 2 is 2.71 bits per heavy atom. The molecular weight excluding hydrogens is 86.1 g/mol. The van der Waals surface area contributed by atoms with E-state index in [9.17, 15) is 0 Å². The highest BCUT2D eigenvalue weighted by Crippen LogP contribution is 2.34. The first kappa shape index (κ1) is 3.53. The molecule has 0 radical (unpaired) electrons. The molecule has 1 heterocycles. The summed E-state index contributed by atoms with van der Waals surface area (Å²) < 4.78 is 0. The van der Waals surface area contributed by atoms with E-state index in [-0.39, 0.29) is 0 Å². The van der Waals surface area contributed by atoms with Gasteiger partial charge >= 0.3 is 0 Å². The number of fused-ring (bicyclic) bond motifs is 1. The zero-order valence-corrected chi connectivity index (χ0v) is 4.28. The van der Waals surface area contributed by atoms with E-state index < -0.39 is 0 Å². The maximum Gasteiger partial charge on any atom is 0.0207 e. The van der Waals surface area contributed by atoms with Crippen LogP contribution in [0.25, 0.3) is 0 Å². The fraction of sp³-hybridized carbons (Fsp3) is 0.667. The van der Waals surface area contributed by atoms with Crippen molar-refractivity contribution in [1.29, 1.82) is 0 Å². The normalized spacial score (nSPS) is 35.4. The van der Waals surface area contributed by atoms with Crippen LogP contribution in [-0.2, 0) is 0 Å². The molecule has 0 aromatic rings. The van der Waals surface area contributed by atoms with Crippen LogP contribution in [0.3, 0.4) is 0 Å². The van der Waals surface area contributed by atoms with Crippen LogP contribution in [0.2, 0.25) is 0 Å². The highest BCUT2D eigenvalue weighted by molar-refractivity contribution is 5.19. The first-order chi connectivity index (χ1) is 3.47. The molecule has 1 aliphatic carbocycles. The van der Waals surface area contributed by atoms with Crippen LogP contribution in [0.5, 0.6) is 0 Å². The Morgan fingerprint density at radius 3 is 3.00 bits per heavy atom. The largest absolute Gasteiger partial charge is 0.390 e. The number of nitrogens with one attached hydrogen (secondary N) is 1. The lowest BCUT2D eigenvalue weighted by Gasteiger charge is -2.22. The molecule has 1 aliphatic heterocycles. The molecule has 0 saturated heterocycles. The van der Waals surface area contributed by atoms with E-state index in [0.29, 0.717) is 0 Å². The van der Waals surface area contributed by atoms with Crippen molar-refractivity contribution in [3.63, 3.8) is 0 Å². The van der Waals surface area contributed by atoms with E-state index in [1.54, 1.807) is 5.57 Å². The van der Waals surface area contributed by atoms with Gasteiger partial charge in [-0.1, -0.05) is 0 Å². The summed E-state index contributed by atoms with van der Waals surface area (Å²) in [5, 5.41) is 3.22. The van der Waals surface area contributed by atoms with Gasteiger partial charge in [0.25, 0.3) is 0 Å². The average molecular weight is 95.1 g/mol. The summed E-state index contributed by atoms with van der Waals surface area (Å²) in [5.41, 5.74) is 1.65. The monoisotopic (exact) mass is 95.1 g/mol. The summed E-state index contributed by atoms with van der Waals surface area (Å²) in [6.45, 7) is 1.22. The van der Waals surface area contributed by atoms with Gasteiger partial charge in [-0.05, 0) is 30.5 Å². The van der Waals surface area contributed by atoms with E-state index in [4.69, 9.17) is 0 Å². The Labute approximate surface area is 43.4 Å². The van der Waals surface area contributed by atoms with Crippen LogP contribution in [0.15, 0.2) is 11.8 Å². The van der Waals surface area contributed by atoms with Crippen molar-refractivity contribution in [3.8, 4) is 0 Å². The molecule has 0 bridgehead atoms. The van der Waals surface area contributed by atoms with Gasteiger partial charge in [0, 0.05) is 6.54 Å². The fourth-order valence-electron chi connectivity index (χ4n) is 1.27. The third-order valence-corrected chi connectivity index (χ3v) is 1.96. The summed E-state index contributed by atoms with van der Waals surface area (Å²) in [5.74, 6) is 0.944. The van der Waals surface area contributed by atoms with Gasteiger partial charge in [-0.25, -0.2) is 0 Å². The van der Waals surface area contributed by atoms with Gasteiger partial charge in [-0.2, -0.15) is 0 Å². The minimum atomic E-state index is 0.944. The Hall–Kier alpha value is -0.460. The molecule has 0 amide bonds. The molecule has 2 rings (SSSR count). The van der Waals surface area contributed by atoms with Gasteiger partial charge in [0.05, 0.1) is 0 Å². The Kier molecular flexibility index (Phi) is 0.518. The van der Waals surface area contributed by atoms with E-state index in [0.717, 1.165) is 5.92 Å². The second-order valence-corrected chi connectivity index (χ2v) is 2.36. The second-order valence-electron chi connectivity index (χ2n) is 2.36. The molecule has 7 heavy (non-hydrogen) atoms. The fourth-order valence-corrected chi connectivity index (χ4v) is 1.27. The van der Waals surface area contributed by atoms with Crippen molar-refractivity contribution in [2.45, 2.75) is 12.8 Å². The molecule has 1 saturated carbocycles. The van der Waals surface area contributed by atoms with E-state index >= 15 is 0 Å². The SMILES string of the molecule is C1=C2CCC2CN1. The molecular formula is C6H9N. The van der Waals surface area contributed by atoms with Gasteiger partial charge in [-0.15, -0.1) is 0 Å². The number of rotatable bonds is 0. The highest BCUT2D eigenvalue weighted by atomic mass is 14.9. The summed E-state index contributed by atoms with van der Waals surface area (Å²) in [6, 6.07) is 0. The Morgan fingerprint density at radius 1 is 1.71 bits per heavy atom. The smallest absolute Gasteiger partial charge is 0.0207 e.